The summed E-state index contributed by atoms with van der Waals surface area (Å²) in [6.45, 7) is 5.97. The fourth-order valence-electron chi connectivity index (χ4n) is 1.83. The highest BCUT2D eigenvalue weighted by Crippen LogP contribution is 2.27. The maximum atomic E-state index is 11.8. The van der Waals surface area contributed by atoms with E-state index in [9.17, 15) is 9.59 Å². The molecule has 0 N–H and O–H groups in total. The number of hydrogen-bond donors (Lipinski definition) is 0. The van der Waals surface area contributed by atoms with E-state index >= 15 is 0 Å². The van der Waals surface area contributed by atoms with E-state index < -0.39 is 0 Å². The molecule has 1 aromatic carbocycles. The molecule has 0 fully saturated rings. The highest BCUT2D eigenvalue weighted by atomic mass is 16.6. The monoisotopic (exact) mass is 308 g/mol. The molecular weight excluding hydrogens is 284 g/mol. The van der Waals surface area contributed by atoms with Crippen molar-refractivity contribution in [2.75, 3.05) is 6.61 Å². The van der Waals surface area contributed by atoms with Gasteiger partial charge in [-0.15, -0.1) is 0 Å². The van der Waals surface area contributed by atoms with Gasteiger partial charge in [-0.3, -0.25) is 9.59 Å². The lowest BCUT2D eigenvalue weighted by molar-refractivity contribution is -0.143. The van der Waals surface area contributed by atoms with Gasteiger partial charge in [0.1, 0.15) is 0 Å². The van der Waals surface area contributed by atoms with Crippen molar-refractivity contribution in [3.63, 3.8) is 0 Å². The van der Waals surface area contributed by atoms with Crippen LogP contribution in [0.5, 0.6) is 11.5 Å². The van der Waals surface area contributed by atoms with Gasteiger partial charge in [0.25, 0.3) is 0 Å². The van der Waals surface area contributed by atoms with Crippen LogP contribution in [0.2, 0.25) is 0 Å². The van der Waals surface area contributed by atoms with Crippen LogP contribution in [0, 0.1) is 0 Å². The number of carbonyl (C=O) groups excluding carboxylic acids is 2. The third kappa shape index (κ3) is 7.11. The summed E-state index contributed by atoms with van der Waals surface area (Å²) in [4.78, 5) is 23.0. The molecule has 0 radical (unpaired) electrons. The van der Waals surface area contributed by atoms with E-state index in [0.717, 1.165) is 0 Å². The molecule has 5 heteroatoms. The first kappa shape index (κ1) is 18.0. The molecule has 5 nitrogen and oxygen atoms in total. The summed E-state index contributed by atoms with van der Waals surface area (Å²) in [5.74, 6) is 0.416. The molecule has 0 saturated carbocycles. The average molecular weight is 308 g/mol. The van der Waals surface area contributed by atoms with E-state index in [2.05, 4.69) is 0 Å². The lowest BCUT2D eigenvalue weighted by atomic mass is 10.2. The Labute approximate surface area is 131 Å². The summed E-state index contributed by atoms with van der Waals surface area (Å²) in [5, 5.41) is 0. The predicted molar refractivity (Wildman–Crippen MR) is 82.9 cm³/mol. The Bertz CT molecular complexity index is 482. The van der Waals surface area contributed by atoms with Crippen LogP contribution in [-0.4, -0.2) is 24.6 Å². The smallest absolute Gasteiger partial charge is 0.311 e. The summed E-state index contributed by atoms with van der Waals surface area (Å²) in [7, 11) is 0. The fourth-order valence-corrected chi connectivity index (χ4v) is 1.83. The Balaban J connectivity index is 2.37. The van der Waals surface area contributed by atoms with Crippen molar-refractivity contribution in [2.24, 2.45) is 0 Å². The Morgan fingerprint density at radius 3 is 2.18 bits per heavy atom. The molecule has 0 aliphatic heterocycles. The van der Waals surface area contributed by atoms with Crippen LogP contribution in [0.4, 0.5) is 0 Å². The zero-order chi connectivity index (χ0) is 16.4. The van der Waals surface area contributed by atoms with Gasteiger partial charge in [0, 0.05) is 12.8 Å². The molecule has 0 atom stereocenters. The zero-order valence-electron chi connectivity index (χ0n) is 13.5. The summed E-state index contributed by atoms with van der Waals surface area (Å²) in [5.41, 5.74) is 0. The second kappa shape index (κ2) is 9.82. The SMILES string of the molecule is CCOC(=O)CCCCC(=O)Oc1ccccc1OC(C)C. The van der Waals surface area contributed by atoms with Crippen LogP contribution in [0.1, 0.15) is 46.5 Å². The first-order valence-corrected chi connectivity index (χ1v) is 7.65. The third-order valence-corrected chi connectivity index (χ3v) is 2.75. The van der Waals surface area contributed by atoms with Crippen molar-refractivity contribution in [3.05, 3.63) is 24.3 Å². The highest BCUT2D eigenvalue weighted by molar-refractivity contribution is 5.73. The van der Waals surface area contributed by atoms with Gasteiger partial charge in [-0.05, 0) is 45.7 Å². The second-order valence-corrected chi connectivity index (χ2v) is 5.10. The molecule has 22 heavy (non-hydrogen) atoms. The van der Waals surface area contributed by atoms with Gasteiger partial charge in [-0.2, -0.15) is 0 Å². The standard InChI is InChI=1S/C17H24O5/c1-4-20-16(18)11-7-8-12-17(19)22-15-10-6-5-9-14(15)21-13(2)3/h5-6,9-10,13H,4,7-8,11-12H2,1-3H3. The van der Waals surface area contributed by atoms with Crippen molar-refractivity contribution >= 4 is 11.9 Å². The quantitative estimate of drug-likeness (QED) is 0.397. The first-order chi connectivity index (χ1) is 10.5. The number of rotatable bonds is 9. The molecular formula is C17H24O5. The Kier molecular flexibility index (Phi) is 8.04. The van der Waals surface area contributed by atoms with Crippen LogP contribution in [-0.2, 0) is 14.3 Å². The van der Waals surface area contributed by atoms with E-state index in [4.69, 9.17) is 14.2 Å². The van der Waals surface area contributed by atoms with Crippen LogP contribution < -0.4 is 9.47 Å². The molecule has 1 aromatic rings. The molecule has 0 unspecified atom stereocenters. The lowest BCUT2D eigenvalue weighted by Crippen LogP contribution is -2.11. The van der Waals surface area contributed by atoms with E-state index in [0.29, 0.717) is 37.4 Å². The molecule has 0 spiro atoms. The summed E-state index contributed by atoms with van der Waals surface area (Å²) in [6, 6.07) is 7.09. The van der Waals surface area contributed by atoms with Crippen molar-refractivity contribution in [1.82, 2.24) is 0 Å². The lowest BCUT2D eigenvalue weighted by Gasteiger charge is -2.13. The number of carbonyl (C=O) groups is 2. The number of unbranched alkanes of at least 4 members (excludes halogenated alkanes) is 1. The summed E-state index contributed by atoms with van der Waals surface area (Å²) >= 11 is 0. The normalized spacial score (nSPS) is 10.4. The minimum Gasteiger partial charge on any atom is -0.487 e. The number of para-hydroxylation sites is 2. The van der Waals surface area contributed by atoms with Crippen LogP contribution >= 0.6 is 0 Å². The van der Waals surface area contributed by atoms with Crippen LogP contribution in [0.3, 0.4) is 0 Å². The van der Waals surface area contributed by atoms with E-state index in [1.54, 1.807) is 25.1 Å². The van der Waals surface area contributed by atoms with Crippen molar-refractivity contribution in [2.45, 2.75) is 52.6 Å². The molecule has 0 amide bonds. The molecule has 0 aliphatic rings. The molecule has 1 rings (SSSR count). The topological polar surface area (TPSA) is 61.8 Å². The number of hydrogen-bond acceptors (Lipinski definition) is 5. The van der Waals surface area contributed by atoms with Gasteiger partial charge in [-0.25, -0.2) is 0 Å². The van der Waals surface area contributed by atoms with Gasteiger partial charge in [0.05, 0.1) is 12.7 Å². The molecule has 0 aliphatic carbocycles. The van der Waals surface area contributed by atoms with Gasteiger partial charge in [-0.1, -0.05) is 12.1 Å². The van der Waals surface area contributed by atoms with Crippen molar-refractivity contribution in [1.29, 1.82) is 0 Å². The highest BCUT2D eigenvalue weighted by Gasteiger charge is 2.11. The number of ether oxygens (including phenoxy) is 3. The maximum Gasteiger partial charge on any atom is 0.311 e. The molecule has 0 heterocycles. The summed E-state index contributed by atoms with van der Waals surface area (Å²) in [6.07, 6.45) is 1.79. The van der Waals surface area contributed by atoms with Gasteiger partial charge >= 0.3 is 11.9 Å². The minimum atomic E-state index is -0.330. The number of benzene rings is 1. The van der Waals surface area contributed by atoms with Crippen molar-refractivity contribution in [3.8, 4) is 11.5 Å². The van der Waals surface area contributed by atoms with Gasteiger partial charge < -0.3 is 14.2 Å². The maximum absolute atomic E-state index is 11.8. The first-order valence-electron chi connectivity index (χ1n) is 7.65. The van der Waals surface area contributed by atoms with Gasteiger partial charge in [0.15, 0.2) is 11.5 Å². The van der Waals surface area contributed by atoms with E-state index in [1.807, 2.05) is 19.9 Å². The summed E-state index contributed by atoms with van der Waals surface area (Å²) < 4.78 is 15.7. The minimum absolute atomic E-state index is 0.00410. The Morgan fingerprint density at radius 2 is 1.59 bits per heavy atom. The van der Waals surface area contributed by atoms with E-state index in [-0.39, 0.29) is 24.5 Å². The molecule has 0 bridgehead atoms. The Morgan fingerprint density at radius 1 is 1.00 bits per heavy atom. The van der Waals surface area contributed by atoms with Crippen molar-refractivity contribution < 1.29 is 23.8 Å². The van der Waals surface area contributed by atoms with E-state index in [1.165, 1.54) is 0 Å². The zero-order valence-corrected chi connectivity index (χ0v) is 13.5. The fraction of sp³-hybridized carbons (Fsp3) is 0.529. The third-order valence-electron chi connectivity index (χ3n) is 2.75. The molecule has 122 valence electrons. The van der Waals surface area contributed by atoms with Crippen LogP contribution in [0.15, 0.2) is 24.3 Å². The molecule has 0 aromatic heterocycles. The molecule has 0 saturated heterocycles. The second-order valence-electron chi connectivity index (χ2n) is 5.10. The number of esters is 2. The predicted octanol–water partition coefficient (Wildman–Crippen LogP) is 3.50. The van der Waals surface area contributed by atoms with Gasteiger partial charge in [0.2, 0.25) is 0 Å². The Hall–Kier alpha value is -2.04. The van der Waals surface area contributed by atoms with Crippen LogP contribution in [0.25, 0.3) is 0 Å². The average Bonchev–Trinajstić information content (AvgIpc) is 2.45. The largest absolute Gasteiger partial charge is 0.487 e.